The molecule has 1 unspecified atom stereocenters. The zero-order valence-corrected chi connectivity index (χ0v) is 14.5. The van der Waals surface area contributed by atoms with Crippen molar-refractivity contribution in [1.29, 1.82) is 0 Å². The second-order valence-corrected chi connectivity index (χ2v) is 6.87. The maximum Gasteiger partial charge on any atom is 0.274 e. The minimum absolute atomic E-state index is 0.0779. The van der Waals surface area contributed by atoms with Gasteiger partial charge in [0.05, 0.1) is 17.1 Å². The van der Waals surface area contributed by atoms with Gasteiger partial charge in [-0.15, -0.1) is 11.3 Å². The summed E-state index contributed by atoms with van der Waals surface area (Å²) >= 11 is 1.25. The molecule has 25 heavy (non-hydrogen) atoms. The third-order valence-corrected chi connectivity index (χ3v) is 5.00. The van der Waals surface area contributed by atoms with Gasteiger partial charge in [-0.25, -0.2) is 9.97 Å². The van der Waals surface area contributed by atoms with Gasteiger partial charge in [0.15, 0.2) is 5.13 Å². The Morgan fingerprint density at radius 3 is 2.96 bits per heavy atom. The molecule has 128 valence electrons. The number of hydrogen-bond donors (Lipinski definition) is 2. The number of imidazole rings is 1. The number of carbonyl (C=O) groups excluding carboxylic acids is 2. The fourth-order valence-electron chi connectivity index (χ4n) is 3.15. The van der Waals surface area contributed by atoms with Crippen molar-refractivity contribution >= 4 is 39.3 Å². The predicted molar refractivity (Wildman–Crippen MR) is 95.5 cm³/mol. The molecule has 4 rings (SSSR count). The van der Waals surface area contributed by atoms with Crippen LogP contribution in [0.4, 0.5) is 5.13 Å². The van der Waals surface area contributed by atoms with Crippen molar-refractivity contribution in [2.75, 3.05) is 11.9 Å². The molecule has 0 aliphatic carbocycles. The molecule has 2 N–H and O–H groups in total. The Labute approximate surface area is 148 Å². The molecule has 2 aromatic heterocycles. The third kappa shape index (κ3) is 3.00. The van der Waals surface area contributed by atoms with Crippen LogP contribution in [-0.4, -0.2) is 38.2 Å². The molecular formula is C17H17N5O2S. The number of aromatic amines is 1. The average Bonchev–Trinajstić information content (AvgIpc) is 3.31. The molecule has 8 heteroatoms. The SMILES string of the molecule is CC(=O)Nc1nc(C(=O)N2CCCC2c2nc3ccccc3[nH]2)cs1. The van der Waals surface area contributed by atoms with Gasteiger partial charge in [-0.3, -0.25) is 9.59 Å². The number of nitrogens with one attached hydrogen (secondary N) is 2. The van der Waals surface area contributed by atoms with Crippen molar-refractivity contribution in [2.24, 2.45) is 0 Å². The van der Waals surface area contributed by atoms with E-state index >= 15 is 0 Å². The first kappa shape index (κ1) is 15.8. The molecule has 0 bridgehead atoms. The van der Waals surface area contributed by atoms with Gasteiger partial charge in [-0.2, -0.15) is 0 Å². The van der Waals surface area contributed by atoms with E-state index in [0.29, 0.717) is 17.4 Å². The molecular weight excluding hydrogens is 338 g/mol. The van der Waals surface area contributed by atoms with Crippen LogP contribution in [0.25, 0.3) is 11.0 Å². The van der Waals surface area contributed by atoms with Gasteiger partial charge in [0.1, 0.15) is 11.5 Å². The van der Waals surface area contributed by atoms with E-state index in [4.69, 9.17) is 0 Å². The molecule has 2 amide bonds. The van der Waals surface area contributed by atoms with E-state index in [0.717, 1.165) is 29.7 Å². The number of carbonyl (C=O) groups is 2. The molecule has 3 aromatic rings. The minimum Gasteiger partial charge on any atom is -0.340 e. The number of likely N-dealkylation sites (tertiary alicyclic amines) is 1. The predicted octanol–water partition coefficient (Wildman–Crippen LogP) is 2.96. The molecule has 0 saturated carbocycles. The Bertz CT molecular complexity index is 914. The largest absolute Gasteiger partial charge is 0.340 e. The van der Waals surface area contributed by atoms with Crippen molar-refractivity contribution < 1.29 is 9.59 Å². The minimum atomic E-state index is -0.199. The maximum atomic E-state index is 12.9. The van der Waals surface area contributed by atoms with Gasteiger partial charge in [0, 0.05) is 18.8 Å². The summed E-state index contributed by atoms with van der Waals surface area (Å²) in [5.74, 6) is 0.481. The summed E-state index contributed by atoms with van der Waals surface area (Å²) in [4.78, 5) is 38.0. The number of amides is 2. The van der Waals surface area contributed by atoms with Crippen LogP contribution in [0.3, 0.4) is 0 Å². The lowest BCUT2D eigenvalue weighted by Gasteiger charge is -2.22. The van der Waals surface area contributed by atoms with Crippen LogP contribution in [0.2, 0.25) is 0 Å². The second-order valence-electron chi connectivity index (χ2n) is 6.01. The van der Waals surface area contributed by atoms with Crippen LogP contribution < -0.4 is 5.32 Å². The van der Waals surface area contributed by atoms with E-state index < -0.39 is 0 Å². The summed E-state index contributed by atoms with van der Waals surface area (Å²) in [5, 5.41) is 4.73. The van der Waals surface area contributed by atoms with Crippen LogP contribution in [-0.2, 0) is 4.79 Å². The van der Waals surface area contributed by atoms with E-state index in [2.05, 4.69) is 20.3 Å². The first-order valence-electron chi connectivity index (χ1n) is 8.10. The standard InChI is InChI=1S/C17H17N5O2S/c1-10(23)18-17-21-13(9-25-17)16(24)22-8-4-7-14(22)15-19-11-5-2-3-6-12(11)20-15/h2-3,5-6,9,14H,4,7-8H2,1H3,(H,19,20)(H,18,21,23). The number of benzene rings is 1. The molecule has 7 nitrogen and oxygen atoms in total. The Morgan fingerprint density at radius 1 is 1.32 bits per heavy atom. The zero-order valence-electron chi connectivity index (χ0n) is 13.7. The van der Waals surface area contributed by atoms with E-state index in [-0.39, 0.29) is 17.9 Å². The third-order valence-electron chi connectivity index (χ3n) is 4.24. The van der Waals surface area contributed by atoms with Gasteiger partial charge in [0.25, 0.3) is 5.91 Å². The fraction of sp³-hybridized carbons (Fsp3) is 0.294. The maximum absolute atomic E-state index is 12.9. The summed E-state index contributed by atoms with van der Waals surface area (Å²) in [6, 6.07) is 7.76. The van der Waals surface area contributed by atoms with Gasteiger partial charge >= 0.3 is 0 Å². The number of thiazole rings is 1. The van der Waals surface area contributed by atoms with Crippen molar-refractivity contribution in [3.05, 3.63) is 41.2 Å². The monoisotopic (exact) mass is 355 g/mol. The Hall–Kier alpha value is -2.74. The molecule has 1 aliphatic rings. The topological polar surface area (TPSA) is 91.0 Å². The van der Waals surface area contributed by atoms with Crippen LogP contribution in [0.15, 0.2) is 29.6 Å². The highest BCUT2D eigenvalue weighted by Gasteiger charge is 2.33. The van der Waals surface area contributed by atoms with Gasteiger partial charge in [-0.1, -0.05) is 12.1 Å². The van der Waals surface area contributed by atoms with Gasteiger partial charge in [-0.05, 0) is 25.0 Å². The lowest BCUT2D eigenvalue weighted by molar-refractivity contribution is -0.114. The first-order valence-corrected chi connectivity index (χ1v) is 8.98. The first-order chi connectivity index (χ1) is 12.1. The number of aromatic nitrogens is 3. The fourth-order valence-corrected chi connectivity index (χ4v) is 3.88. The molecule has 1 fully saturated rings. The number of hydrogen-bond acceptors (Lipinski definition) is 5. The van der Waals surface area contributed by atoms with Crippen LogP contribution >= 0.6 is 11.3 Å². The second kappa shape index (κ2) is 6.29. The van der Waals surface area contributed by atoms with Crippen LogP contribution in [0.5, 0.6) is 0 Å². The van der Waals surface area contributed by atoms with Crippen molar-refractivity contribution in [2.45, 2.75) is 25.8 Å². The van der Waals surface area contributed by atoms with Gasteiger partial charge in [0.2, 0.25) is 5.91 Å². The lowest BCUT2D eigenvalue weighted by Crippen LogP contribution is -2.31. The summed E-state index contributed by atoms with van der Waals surface area (Å²) in [5.41, 5.74) is 2.23. The van der Waals surface area contributed by atoms with E-state index in [1.807, 2.05) is 29.2 Å². The zero-order chi connectivity index (χ0) is 17.4. The number of H-pyrrole nitrogens is 1. The van der Waals surface area contributed by atoms with Crippen LogP contribution in [0.1, 0.15) is 42.1 Å². The van der Waals surface area contributed by atoms with E-state index in [1.54, 1.807) is 5.38 Å². The van der Waals surface area contributed by atoms with Crippen LogP contribution in [0, 0.1) is 0 Å². The van der Waals surface area contributed by atoms with Gasteiger partial charge < -0.3 is 15.2 Å². The summed E-state index contributed by atoms with van der Waals surface area (Å²) in [7, 11) is 0. The highest BCUT2D eigenvalue weighted by atomic mass is 32.1. The number of anilines is 1. The lowest BCUT2D eigenvalue weighted by atomic mass is 10.2. The highest BCUT2D eigenvalue weighted by Crippen LogP contribution is 2.33. The summed E-state index contributed by atoms with van der Waals surface area (Å²) in [6.07, 6.45) is 1.80. The Morgan fingerprint density at radius 2 is 2.16 bits per heavy atom. The molecule has 3 heterocycles. The Balaban J connectivity index is 1.59. The quantitative estimate of drug-likeness (QED) is 0.756. The molecule has 1 atom stereocenters. The molecule has 1 aliphatic heterocycles. The highest BCUT2D eigenvalue weighted by molar-refractivity contribution is 7.14. The van der Waals surface area contributed by atoms with Crippen molar-refractivity contribution in [3.8, 4) is 0 Å². The van der Waals surface area contributed by atoms with Crippen molar-refractivity contribution in [3.63, 3.8) is 0 Å². The molecule has 1 saturated heterocycles. The molecule has 1 aromatic carbocycles. The summed E-state index contributed by atoms with van der Waals surface area (Å²) < 4.78 is 0. The number of fused-ring (bicyclic) bond motifs is 1. The number of nitrogens with zero attached hydrogens (tertiary/aromatic N) is 3. The number of rotatable bonds is 3. The van der Waals surface area contributed by atoms with Crippen molar-refractivity contribution in [1.82, 2.24) is 19.9 Å². The number of para-hydroxylation sites is 2. The average molecular weight is 355 g/mol. The molecule has 0 radical (unpaired) electrons. The normalized spacial score (nSPS) is 17.2. The van der Waals surface area contributed by atoms with E-state index in [1.165, 1.54) is 18.3 Å². The van der Waals surface area contributed by atoms with E-state index in [9.17, 15) is 9.59 Å². The molecule has 0 spiro atoms. The Kier molecular flexibility index (Phi) is 3.96. The smallest absolute Gasteiger partial charge is 0.274 e. The summed E-state index contributed by atoms with van der Waals surface area (Å²) in [6.45, 7) is 2.09.